The second-order valence-electron chi connectivity index (χ2n) is 6.30. The van der Waals surface area contributed by atoms with Crippen molar-refractivity contribution < 1.29 is 17.6 Å². The minimum atomic E-state index is -3.37. The number of fused-ring (bicyclic) bond motifs is 1. The van der Waals surface area contributed by atoms with E-state index in [1.165, 1.54) is 12.1 Å². The van der Waals surface area contributed by atoms with Crippen LogP contribution in [0.5, 0.6) is 0 Å². The molecule has 0 aliphatic rings. The van der Waals surface area contributed by atoms with Gasteiger partial charge in [-0.1, -0.05) is 24.3 Å². The van der Waals surface area contributed by atoms with Crippen molar-refractivity contribution in [3.05, 3.63) is 78.6 Å². The van der Waals surface area contributed by atoms with Crippen LogP contribution in [0, 0.1) is 0 Å². The Labute approximate surface area is 161 Å². The molecule has 4 rings (SSSR count). The van der Waals surface area contributed by atoms with E-state index in [1.807, 2.05) is 24.3 Å². The van der Waals surface area contributed by atoms with Crippen LogP contribution in [-0.2, 0) is 9.84 Å². The van der Waals surface area contributed by atoms with Crippen molar-refractivity contribution >= 4 is 32.3 Å². The molecule has 0 fully saturated rings. The van der Waals surface area contributed by atoms with Gasteiger partial charge in [0.15, 0.2) is 15.6 Å². The molecular weight excluding hydrogens is 376 g/mol. The van der Waals surface area contributed by atoms with Crippen LogP contribution in [-0.4, -0.2) is 25.6 Å². The van der Waals surface area contributed by atoms with Crippen LogP contribution >= 0.6 is 0 Å². The third-order valence-electron chi connectivity index (χ3n) is 4.25. The van der Waals surface area contributed by atoms with E-state index in [1.54, 1.807) is 36.6 Å². The lowest BCUT2D eigenvalue weighted by Crippen LogP contribution is -2.13. The predicted molar refractivity (Wildman–Crippen MR) is 107 cm³/mol. The first-order valence-corrected chi connectivity index (χ1v) is 10.4. The van der Waals surface area contributed by atoms with Gasteiger partial charge in [-0.15, -0.1) is 0 Å². The number of amides is 1. The van der Waals surface area contributed by atoms with Crippen molar-refractivity contribution in [2.75, 3.05) is 11.6 Å². The Bertz CT molecular complexity index is 1280. The van der Waals surface area contributed by atoms with E-state index >= 15 is 0 Å². The quantitative estimate of drug-likeness (QED) is 0.563. The Morgan fingerprint density at radius 3 is 2.57 bits per heavy atom. The third kappa shape index (κ3) is 3.52. The van der Waals surface area contributed by atoms with Crippen LogP contribution in [0.3, 0.4) is 0 Å². The number of nitrogens with one attached hydrogen (secondary N) is 1. The first-order chi connectivity index (χ1) is 13.4. The Balaban J connectivity index is 1.77. The zero-order chi connectivity index (χ0) is 19.7. The van der Waals surface area contributed by atoms with Crippen molar-refractivity contribution in [1.82, 2.24) is 4.98 Å². The summed E-state index contributed by atoms with van der Waals surface area (Å²) in [5.41, 5.74) is 2.01. The Kier molecular flexibility index (Phi) is 4.44. The maximum atomic E-state index is 13.0. The standard InChI is InChI=1S/C21H16N2O4S/c1-28(25,26)15-7-4-6-14(12-15)22-21(24)17-13-19(20-10-5-11-27-20)23-18-9-3-2-8-16(17)18/h2-13H,1H3,(H,22,24). The highest BCUT2D eigenvalue weighted by Gasteiger charge is 2.16. The molecule has 7 heteroatoms. The summed E-state index contributed by atoms with van der Waals surface area (Å²) in [4.78, 5) is 17.7. The highest BCUT2D eigenvalue weighted by molar-refractivity contribution is 7.90. The SMILES string of the molecule is CS(=O)(=O)c1cccc(NC(=O)c2cc(-c3ccco3)nc3ccccc23)c1. The molecule has 6 nitrogen and oxygen atoms in total. The lowest BCUT2D eigenvalue weighted by Gasteiger charge is -2.10. The van der Waals surface area contributed by atoms with E-state index in [0.717, 1.165) is 6.26 Å². The number of carbonyl (C=O) groups is 1. The fraction of sp³-hybridized carbons (Fsp3) is 0.0476. The van der Waals surface area contributed by atoms with Gasteiger partial charge in [0.05, 0.1) is 22.2 Å². The molecule has 0 saturated carbocycles. The summed E-state index contributed by atoms with van der Waals surface area (Å²) >= 11 is 0. The molecule has 0 radical (unpaired) electrons. The van der Waals surface area contributed by atoms with Gasteiger partial charge in [0, 0.05) is 17.3 Å². The van der Waals surface area contributed by atoms with Crippen LogP contribution in [0.1, 0.15) is 10.4 Å². The normalized spacial score (nSPS) is 11.5. The lowest BCUT2D eigenvalue weighted by atomic mass is 10.1. The fourth-order valence-corrected chi connectivity index (χ4v) is 3.58. The average Bonchev–Trinajstić information content (AvgIpc) is 3.21. The highest BCUT2D eigenvalue weighted by Crippen LogP contribution is 2.26. The van der Waals surface area contributed by atoms with Crippen molar-refractivity contribution in [3.63, 3.8) is 0 Å². The summed E-state index contributed by atoms with van der Waals surface area (Å²) in [7, 11) is -3.37. The summed E-state index contributed by atoms with van der Waals surface area (Å²) in [5.74, 6) is 0.191. The largest absolute Gasteiger partial charge is 0.463 e. The molecule has 2 aromatic carbocycles. The summed E-state index contributed by atoms with van der Waals surface area (Å²) in [6, 6.07) is 18.7. The Hall–Kier alpha value is -3.45. The molecule has 0 atom stereocenters. The minimum Gasteiger partial charge on any atom is -0.463 e. The second-order valence-corrected chi connectivity index (χ2v) is 8.32. The molecule has 2 heterocycles. The second kappa shape index (κ2) is 6.94. The maximum Gasteiger partial charge on any atom is 0.256 e. The number of para-hydroxylation sites is 1. The first-order valence-electron chi connectivity index (χ1n) is 8.47. The zero-order valence-electron chi connectivity index (χ0n) is 14.9. The number of pyridine rings is 1. The summed E-state index contributed by atoms with van der Waals surface area (Å²) in [6.07, 6.45) is 2.67. The van der Waals surface area contributed by atoms with Gasteiger partial charge in [-0.05, 0) is 42.5 Å². The first kappa shape index (κ1) is 17.9. The number of hydrogen-bond acceptors (Lipinski definition) is 5. The maximum absolute atomic E-state index is 13.0. The Morgan fingerprint density at radius 1 is 1.00 bits per heavy atom. The molecule has 0 aliphatic heterocycles. The number of benzene rings is 2. The average molecular weight is 392 g/mol. The molecule has 0 bridgehead atoms. The molecular formula is C21H16N2O4S. The smallest absolute Gasteiger partial charge is 0.256 e. The summed E-state index contributed by atoms with van der Waals surface area (Å²) in [5, 5.41) is 3.46. The molecule has 0 aliphatic carbocycles. The van der Waals surface area contributed by atoms with Gasteiger partial charge in [-0.2, -0.15) is 0 Å². The third-order valence-corrected chi connectivity index (χ3v) is 5.36. The molecule has 4 aromatic rings. The number of carbonyl (C=O) groups excluding carboxylic acids is 1. The highest BCUT2D eigenvalue weighted by atomic mass is 32.2. The van der Waals surface area contributed by atoms with Crippen molar-refractivity contribution in [3.8, 4) is 11.5 Å². The Morgan fingerprint density at radius 2 is 1.82 bits per heavy atom. The molecule has 140 valence electrons. The summed E-state index contributed by atoms with van der Waals surface area (Å²) < 4.78 is 28.9. The van der Waals surface area contributed by atoms with Crippen LogP contribution < -0.4 is 5.32 Å². The minimum absolute atomic E-state index is 0.140. The van der Waals surface area contributed by atoms with Gasteiger partial charge in [-0.3, -0.25) is 4.79 Å². The molecule has 0 unspecified atom stereocenters. The van der Waals surface area contributed by atoms with Crippen LogP contribution in [0.15, 0.2) is 82.3 Å². The van der Waals surface area contributed by atoms with Gasteiger partial charge in [-0.25, -0.2) is 13.4 Å². The lowest BCUT2D eigenvalue weighted by molar-refractivity contribution is 0.102. The topological polar surface area (TPSA) is 89.3 Å². The van der Waals surface area contributed by atoms with E-state index in [2.05, 4.69) is 10.3 Å². The number of furan rings is 1. The van der Waals surface area contributed by atoms with Gasteiger partial charge in [0.2, 0.25) is 0 Å². The van der Waals surface area contributed by atoms with Gasteiger partial charge in [0.1, 0.15) is 5.69 Å². The molecule has 0 spiro atoms. The van der Waals surface area contributed by atoms with Crippen LogP contribution in [0.4, 0.5) is 5.69 Å². The predicted octanol–water partition coefficient (Wildman–Crippen LogP) is 4.15. The number of anilines is 1. The van der Waals surface area contributed by atoms with E-state index in [4.69, 9.17) is 4.42 Å². The zero-order valence-corrected chi connectivity index (χ0v) is 15.7. The van der Waals surface area contributed by atoms with Crippen LogP contribution in [0.2, 0.25) is 0 Å². The number of hydrogen-bond donors (Lipinski definition) is 1. The molecule has 0 saturated heterocycles. The van der Waals surface area contributed by atoms with E-state index < -0.39 is 9.84 Å². The monoisotopic (exact) mass is 392 g/mol. The number of sulfone groups is 1. The summed E-state index contributed by atoms with van der Waals surface area (Å²) in [6.45, 7) is 0. The number of aromatic nitrogens is 1. The molecule has 2 aromatic heterocycles. The van der Waals surface area contributed by atoms with E-state index in [0.29, 0.717) is 33.6 Å². The van der Waals surface area contributed by atoms with Crippen LogP contribution in [0.25, 0.3) is 22.4 Å². The molecule has 1 N–H and O–H groups in total. The fourth-order valence-electron chi connectivity index (χ4n) is 2.92. The van der Waals surface area contributed by atoms with Gasteiger partial charge < -0.3 is 9.73 Å². The van der Waals surface area contributed by atoms with Crippen molar-refractivity contribution in [1.29, 1.82) is 0 Å². The van der Waals surface area contributed by atoms with E-state index in [-0.39, 0.29) is 10.8 Å². The number of rotatable bonds is 4. The van der Waals surface area contributed by atoms with Gasteiger partial charge >= 0.3 is 0 Å². The molecule has 28 heavy (non-hydrogen) atoms. The molecule has 1 amide bonds. The van der Waals surface area contributed by atoms with E-state index in [9.17, 15) is 13.2 Å². The van der Waals surface area contributed by atoms with Crippen molar-refractivity contribution in [2.45, 2.75) is 4.90 Å². The van der Waals surface area contributed by atoms with Gasteiger partial charge in [0.25, 0.3) is 5.91 Å². The number of nitrogens with zero attached hydrogens (tertiary/aromatic N) is 1. The van der Waals surface area contributed by atoms with Crippen molar-refractivity contribution in [2.24, 2.45) is 0 Å².